The summed E-state index contributed by atoms with van der Waals surface area (Å²) < 4.78 is 0. The zero-order valence-corrected chi connectivity index (χ0v) is 11.3. The average Bonchev–Trinajstić information content (AvgIpc) is 2.77. The van der Waals surface area contributed by atoms with Crippen LogP contribution in [0.3, 0.4) is 0 Å². The molecule has 0 aliphatic heterocycles. The maximum absolute atomic E-state index is 6.08. The van der Waals surface area contributed by atoms with Gasteiger partial charge in [0.25, 0.3) is 0 Å². The van der Waals surface area contributed by atoms with Gasteiger partial charge < -0.3 is 4.98 Å². The summed E-state index contributed by atoms with van der Waals surface area (Å²) in [6.45, 7) is 0. The van der Waals surface area contributed by atoms with Crippen LogP contribution in [-0.4, -0.2) is 9.97 Å². The fraction of sp³-hybridized carbons (Fsp3) is 0. The molecular weight excluding hydrogens is 279 g/mol. The number of aromatic nitrogens is 2. The van der Waals surface area contributed by atoms with Crippen molar-refractivity contribution < 1.29 is 0 Å². The molecule has 4 aromatic rings. The Labute approximate surface area is 119 Å². The van der Waals surface area contributed by atoms with E-state index < -0.39 is 0 Å². The van der Waals surface area contributed by atoms with Gasteiger partial charge in [0.2, 0.25) is 0 Å². The van der Waals surface area contributed by atoms with Crippen molar-refractivity contribution >= 4 is 55.9 Å². The van der Waals surface area contributed by atoms with E-state index in [1.54, 1.807) is 0 Å². The van der Waals surface area contributed by atoms with E-state index in [0.29, 0.717) is 5.02 Å². The Morgan fingerprint density at radius 1 is 0.842 bits per heavy atom. The molecule has 2 nitrogen and oxygen atoms in total. The van der Waals surface area contributed by atoms with Gasteiger partial charge in [-0.15, -0.1) is 0 Å². The number of pyridine rings is 1. The molecule has 0 bridgehead atoms. The molecule has 4 rings (SSSR count). The van der Waals surface area contributed by atoms with E-state index in [9.17, 15) is 0 Å². The second-order valence-corrected chi connectivity index (χ2v) is 5.40. The number of hydrogen-bond donors (Lipinski definition) is 1. The smallest absolute Gasteiger partial charge is 0.0724 e. The first-order valence-electron chi connectivity index (χ1n) is 5.87. The van der Waals surface area contributed by atoms with Crippen LogP contribution in [-0.2, 0) is 0 Å². The van der Waals surface area contributed by atoms with Crippen LogP contribution in [0.5, 0.6) is 0 Å². The van der Waals surface area contributed by atoms with E-state index in [0.717, 1.165) is 37.7 Å². The number of nitrogens with one attached hydrogen (secondary N) is 1. The van der Waals surface area contributed by atoms with Crippen molar-refractivity contribution in [1.82, 2.24) is 9.97 Å². The minimum Gasteiger partial charge on any atom is -0.354 e. The molecule has 0 amide bonds. The number of halogens is 2. The molecule has 19 heavy (non-hydrogen) atoms. The van der Waals surface area contributed by atoms with Crippen molar-refractivity contribution in [2.45, 2.75) is 0 Å². The Hall–Kier alpha value is -1.77. The molecule has 0 radical (unpaired) electrons. The highest BCUT2D eigenvalue weighted by molar-refractivity contribution is 6.33. The first-order chi connectivity index (χ1) is 9.22. The van der Waals surface area contributed by atoms with Gasteiger partial charge in [0.15, 0.2) is 0 Å². The van der Waals surface area contributed by atoms with Gasteiger partial charge >= 0.3 is 0 Å². The summed E-state index contributed by atoms with van der Waals surface area (Å²) in [6.07, 6.45) is 1.88. The second kappa shape index (κ2) is 3.86. The van der Waals surface area contributed by atoms with Gasteiger partial charge in [-0.2, -0.15) is 0 Å². The van der Waals surface area contributed by atoms with E-state index in [1.165, 1.54) is 0 Å². The second-order valence-electron chi connectivity index (χ2n) is 4.52. The van der Waals surface area contributed by atoms with Crippen molar-refractivity contribution in [3.63, 3.8) is 0 Å². The predicted octanol–water partition coefficient (Wildman–Crippen LogP) is 5.18. The van der Waals surface area contributed by atoms with Crippen LogP contribution >= 0.6 is 23.2 Å². The third-order valence-electron chi connectivity index (χ3n) is 3.36. The Kier molecular flexibility index (Phi) is 2.25. The summed E-state index contributed by atoms with van der Waals surface area (Å²) in [5.41, 5.74) is 3.02. The van der Waals surface area contributed by atoms with Gasteiger partial charge in [-0.1, -0.05) is 23.2 Å². The number of rotatable bonds is 0. The summed E-state index contributed by atoms with van der Waals surface area (Å²) >= 11 is 12.1. The van der Waals surface area contributed by atoms with Crippen molar-refractivity contribution in [3.05, 3.63) is 52.6 Å². The number of fused-ring (bicyclic) bond motifs is 5. The van der Waals surface area contributed by atoms with Gasteiger partial charge in [0.1, 0.15) is 0 Å². The molecule has 2 heterocycles. The summed E-state index contributed by atoms with van der Waals surface area (Å²) in [5, 5.41) is 4.60. The first kappa shape index (κ1) is 11.1. The maximum atomic E-state index is 6.08. The first-order valence-corrected chi connectivity index (χ1v) is 6.63. The molecule has 1 N–H and O–H groups in total. The van der Waals surface area contributed by atoms with Gasteiger partial charge in [-0.25, -0.2) is 0 Å². The van der Waals surface area contributed by atoms with Crippen molar-refractivity contribution in [1.29, 1.82) is 0 Å². The standard InChI is InChI=1S/C15H8Cl2N2/c16-8-2-4-14-10(5-8)12-7-18-13-3-1-9(17)6-11(13)15(12)19-14/h1-7,19H. The lowest BCUT2D eigenvalue weighted by atomic mass is 10.1. The Morgan fingerprint density at radius 3 is 2.42 bits per heavy atom. The molecule has 0 saturated carbocycles. The monoisotopic (exact) mass is 286 g/mol. The Balaban J connectivity index is 2.27. The topological polar surface area (TPSA) is 28.7 Å². The third-order valence-corrected chi connectivity index (χ3v) is 3.83. The van der Waals surface area contributed by atoms with Crippen LogP contribution < -0.4 is 0 Å². The molecule has 0 spiro atoms. The molecule has 0 atom stereocenters. The molecule has 2 aromatic carbocycles. The zero-order valence-electron chi connectivity index (χ0n) is 9.74. The van der Waals surface area contributed by atoms with Crippen LogP contribution in [0.4, 0.5) is 0 Å². The normalized spacial score (nSPS) is 11.7. The van der Waals surface area contributed by atoms with Crippen LogP contribution in [0.1, 0.15) is 0 Å². The SMILES string of the molecule is Clc1ccc2[nH]c3c4cc(Cl)ccc4ncc3c2c1. The molecular formula is C15H8Cl2N2. The largest absolute Gasteiger partial charge is 0.354 e. The molecule has 4 heteroatoms. The summed E-state index contributed by atoms with van der Waals surface area (Å²) in [7, 11) is 0. The third kappa shape index (κ3) is 1.61. The lowest BCUT2D eigenvalue weighted by Gasteiger charge is -1.99. The van der Waals surface area contributed by atoms with Crippen LogP contribution in [0.2, 0.25) is 10.0 Å². The van der Waals surface area contributed by atoms with Crippen molar-refractivity contribution in [2.24, 2.45) is 0 Å². The van der Waals surface area contributed by atoms with Gasteiger partial charge in [-0.3, -0.25) is 4.98 Å². The number of hydrogen-bond acceptors (Lipinski definition) is 1. The van der Waals surface area contributed by atoms with Crippen LogP contribution in [0, 0.1) is 0 Å². The van der Waals surface area contributed by atoms with E-state index in [2.05, 4.69) is 9.97 Å². The fourth-order valence-corrected chi connectivity index (χ4v) is 2.83. The van der Waals surface area contributed by atoms with E-state index in [1.807, 2.05) is 42.6 Å². The van der Waals surface area contributed by atoms with Gasteiger partial charge in [-0.05, 0) is 36.4 Å². The highest BCUT2D eigenvalue weighted by atomic mass is 35.5. The maximum Gasteiger partial charge on any atom is 0.0724 e. The highest BCUT2D eigenvalue weighted by Crippen LogP contribution is 2.32. The van der Waals surface area contributed by atoms with Crippen molar-refractivity contribution in [3.8, 4) is 0 Å². The number of H-pyrrole nitrogens is 1. The quantitative estimate of drug-likeness (QED) is 0.474. The summed E-state index contributed by atoms with van der Waals surface area (Å²) in [6, 6.07) is 11.5. The summed E-state index contributed by atoms with van der Waals surface area (Å²) in [4.78, 5) is 7.90. The fourth-order valence-electron chi connectivity index (χ4n) is 2.49. The van der Waals surface area contributed by atoms with Crippen LogP contribution in [0.25, 0.3) is 32.7 Å². The molecule has 92 valence electrons. The molecule has 2 aromatic heterocycles. The Bertz CT molecular complexity index is 941. The molecule has 0 aliphatic rings. The molecule has 0 saturated heterocycles. The van der Waals surface area contributed by atoms with Crippen molar-refractivity contribution in [2.75, 3.05) is 0 Å². The minimum atomic E-state index is 0.707. The lowest BCUT2D eigenvalue weighted by molar-refractivity contribution is 1.44. The molecule has 0 aliphatic carbocycles. The number of nitrogens with zero attached hydrogens (tertiary/aromatic N) is 1. The lowest BCUT2D eigenvalue weighted by Crippen LogP contribution is -1.80. The summed E-state index contributed by atoms with van der Waals surface area (Å²) in [5.74, 6) is 0. The highest BCUT2D eigenvalue weighted by Gasteiger charge is 2.09. The average molecular weight is 287 g/mol. The zero-order chi connectivity index (χ0) is 13.0. The van der Waals surface area contributed by atoms with Gasteiger partial charge in [0, 0.05) is 37.9 Å². The number of aromatic amines is 1. The molecule has 0 unspecified atom stereocenters. The molecule has 0 fully saturated rings. The van der Waals surface area contributed by atoms with E-state index in [-0.39, 0.29) is 0 Å². The van der Waals surface area contributed by atoms with Crippen LogP contribution in [0.15, 0.2) is 42.6 Å². The van der Waals surface area contributed by atoms with E-state index >= 15 is 0 Å². The van der Waals surface area contributed by atoms with Gasteiger partial charge in [0.05, 0.1) is 11.0 Å². The van der Waals surface area contributed by atoms with E-state index in [4.69, 9.17) is 23.2 Å². The minimum absolute atomic E-state index is 0.707. The number of benzene rings is 2. The Morgan fingerprint density at radius 2 is 1.58 bits per heavy atom. The predicted molar refractivity (Wildman–Crippen MR) is 81.1 cm³/mol.